The van der Waals surface area contributed by atoms with E-state index in [1.807, 2.05) is 0 Å². The molecule has 0 bridgehead atoms. The molecule has 0 fully saturated rings. The molecule has 1 aromatic carbocycles. The molecule has 0 heterocycles. The summed E-state index contributed by atoms with van der Waals surface area (Å²) >= 11 is 0. The van der Waals surface area contributed by atoms with Crippen LogP contribution in [-0.4, -0.2) is 48.8 Å². The highest BCUT2D eigenvalue weighted by Gasteiger charge is 2.91. The van der Waals surface area contributed by atoms with Crippen molar-refractivity contribution in [2.75, 3.05) is 12.4 Å². The summed E-state index contributed by atoms with van der Waals surface area (Å²) in [7, 11) is 0.881. The summed E-state index contributed by atoms with van der Waals surface area (Å²) in [6.45, 7) is 0. The molecule has 0 saturated heterocycles. The average Bonchev–Trinajstić information content (AvgIpc) is 2.60. The second-order valence-corrected chi connectivity index (χ2v) is 5.52. The smallest absolute Gasteiger partial charge is 0.460 e. The number of hydrogen-bond donors (Lipinski definition) is 1. The molecular formula is C14H8F13NO2. The summed E-state index contributed by atoms with van der Waals surface area (Å²) in [5.41, 5.74) is -0.865. The van der Waals surface area contributed by atoms with Gasteiger partial charge >= 0.3 is 41.7 Å². The molecule has 0 saturated carbocycles. The second kappa shape index (κ2) is 7.37. The van der Waals surface area contributed by atoms with Crippen molar-refractivity contribution in [1.29, 1.82) is 0 Å². The third-order valence-electron chi connectivity index (χ3n) is 3.57. The van der Waals surface area contributed by atoms with E-state index >= 15 is 0 Å². The Morgan fingerprint density at radius 3 is 1.60 bits per heavy atom. The van der Waals surface area contributed by atoms with E-state index in [0.29, 0.717) is 6.07 Å². The second-order valence-electron chi connectivity index (χ2n) is 5.52. The number of carbonyl (C=O) groups excluding carboxylic acids is 1. The van der Waals surface area contributed by atoms with Gasteiger partial charge in [0.25, 0.3) is 0 Å². The van der Waals surface area contributed by atoms with E-state index < -0.39 is 53.1 Å². The number of anilines is 1. The molecule has 172 valence electrons. The Balaban J connectivity index is 3.43. The topological polar surface area (TPSA) is 38.3 Å². The number of benzene rings is 1. The maximum absolute atomic E-state index is 13.7. The van der Waals surface area contributed by atoms with Crippen molar-refractivity contribution in [3.05, 3.63) is 24.3 Å². The highest BCUT2D eigenvalue weighted by molar-refractivity contribution is 5.98. The summed E-state index contributed by atoms with van der Waals surface area (Å²) in [5.74, 6) is -42.5. The van der Waals surface area contributed by atoms with Crippen LogP contribution in [0.4, 0.5) is 62.8 Å². The molecule has 1 amide bonds. The van der Waals surface area contributed by atoms with E-state index in [1.54, 1.807) is 0 Å². The number of alkyl halides is 13. The summed E-state index contributed by atoms with van der Waals surface area (Å²) < 4.78 is 173. The molecule has 0 radical (unpaired) electrons. The molecule has 0 aliphatic rings. The van der Waals surface area contributed by atoms with Gasteiger partial charge in [-0.3, -0.25) is 4.79 Å². The number of amides is 1. The van der Waals surface area contributed by atoms with Gasteiger partial charge in [-0.05, 0) is 12.1 Å². The molecule has 0 aromatic heterocycles. The maximum Gasteiger partial charge on any atom is 0.460 e. The van der Waals surface area contributed by atoms with Crippen LogP contribution in [0.5, 0.6) is 5.75 Å². The van der Waals surface area contributed by atoms with Gasteiger partial charge in [0.05, 0.1) is 12.8 Å². The maximum atomic E-state index is 13.7. The first-order valence-corrected chi connectivity index (χ1v) is 7.10. The third-order valence-corrected chi connectivity index (χ3v) is 3.57. The Labute approximate surface area is 157 Å². The minimum atomic E-state index is -8.07. The lowest BCUT2D eigenvalue weighted by Gasteiger charge is -2.39. The third kappa shape index (κ3) is 3.59. The summed E-state index contributed by atoms with van der Waals surface area (Å²) in [4.78, 5) is 11.4. The zero-order valence-corrected chi connectivity index (χ0v) is 14.0. The van der Waals surface area contributed by atoms with E-state index in [4.69, 9.17) is 0 Å². The quantitative estimate of drug-likeness (QED) is 0.546. The molecule has 1 N–H and O–H groups in total. The lowest BCUT2D eigenvalue weighted by atomic mass is 9.93. The fourth-order valence-electron chi connectivity index (χ4n) is 1.86. The van der Waals surface area contributed by atoms with E-state index in [0.717, 1.165) is 30.6 Å². The first kappa shape index (κ1) is 25.6. The van der Waals surface area contributed by atoms with Crippen molar-refractivity contribution >= 4 is 11.6 Å². The predicted octanol–water partition coefficient (Wildman–Crippen LogP) is 5.37. The molecule has 16 heteroatoms. The Morgan fingerprint density at radius 2 is 1.17 bits per heavy atom. The predicted molar refractivity (Wildman–Crippen MR) is 72.4 cm³/mol. The van der Waals surface area contributed by atoms with Crippen LogP contribution in [0.1, 0.15) is 0 Å². The van der Waals surface area contributed by atoms with Crippen molar-refractivity contribution in [2.24, 2.45) is 0 Å². The van der Waals surface area contributed by atoms with Crippen LogP contribution in [0.2, 0.25) is 0 Å². The summed E-state index contributed by atoms with van der Waals surface area (Å²) in [6, 6.07) is 3.80. The van der Waals surface area contributed by atoms with Gasteiger partial charge in [-0.1, -0.05) is 12.1 Å². The van der Waals surface area contributed by atoms with Crippen LogP contribution < -0.4 is 10.1 Å². The fourth-order valence-corrected chi connectivity index (χ4v) is 1.86. The SMILES string of the molecule is COc1ccccc1NC(=O)C(F)(F)C(F)(F)C(F)(F)C(F)(F)C(F)(F)C(F)(F)F. The molecule has 0 atom stereocenters. The van der Waals surface area contributed by atoms with Crippen LogP contribution in [0.3, 0.4) is 0 Å². The molecule has 1 rings (SSSR count). The zero-order chi connectivity index (χ0) is 24.0. The van der Waals surface area contributed by atoms with Crippen molar-refractivity contribution in [3.63, 3.8) is 0 Å². The van der Waals surface area contributed by atoms with Gasteiger partial charge in [0.15, 0.2) is 0 Å². The van der Waals surface area contributed by atoms with Crippen molar-refractivity contribution in [1.82, 2.24) is 0 Å². The van der Waals surface area contributed by atoms with E-state index in [-0.39, 0.29) is 0 Å². The number of methoxy groups -OCH3 is 1. The monoisotopic (exact) mass is 469 g/mol. The molecule has 3 nitrogen and oxygen atoms in total. The van der Waals surface area contributed by atoms with Crippen LogP contribution in [0, 0.1) is 0 Å². The number of ether oxygens (including phenoxy) is 1. The highest BCUT2D eigenvalue weighted by Crippen LogP contribution is 2.60. The number of nitrogens with one attached hydrogen (secondary N) is 1. The summed E-state index contributed by atoms with van der Waals surface area (Å²) in [5, 5.41) is 0.918. The Bertz CT molecular complexity index is 788. The van der Waals surface area contributed by atoms with Gasteiger partial charge in [0, 0.05) is 0 Å². The van der Waals surface area contributed by atoms with E-state index in [1.165, 1.54) is 0 Å². The highest BCUT2D eigenvalue weighted by atomic mass is 19.4. The Hall–Kier alpha value is -2.42. The standard InChI is InChI=1S/C14H8F13NO2/c1-30-7-5-3-2-4-6(7)28-8(29)9(15,16)10(17,18)11(19,20)12(21,22)13(23,24)14(25,26)27/h2-5H,1H3,(H,28,29). The Morgan fingerprint density at radius 1 is 0.733 bits per heavy atom. The van der Waals surface area contributed by atoms with Crippen molar-refractivity contribution in [3.8, 4) is 5.75 Å². The Kier molecular flexibility index (Phi) is 6.29. The van der Waals surface area contributed by atoms with Gasteiger partial charge in [-0.2, -0.15) is 57.1 Å². The number of para-hydroxylation sites is 2. The van der Waals surface area contributed by atoms with Crippen LogP contribution >= 0.6 is 0 Å². The molecule has 0 aliphatic carbocycles. The minimum Gasteiger partial charge on any atom is -0.495 e. The number of halogens is 13. The van der Waals surface area contributed by atoms with Gasteiger partial charge in [0.1, 0.15) is 5.75 Å². The van der Waals surface area contributed by atoms with Gasteiger partial charge in [-0.15, -0.1) is 0 Å². The minimum absolute atomic E-state index is 0.509. The van der Waals surface area contributed by atoms with Crippen LogP contribution in [0.15, 0.2) is 24.3 Å². The molecule has 0 spiro atoms. The van der Waals surface area contributed by atoms with Crippen LogP contribution in [-0.2, 0) is 4.79 Å². The number of carbonyl (C=O) groups is 1. The number of rotatable bonds is 7. The number of hydrogen-bond acceptors (Lipinski definition) is 2. The molecular weight excluding hydrogens is 461 g/mol. The first-order chi connectivity index (χ1) is 13.2. The van der Waals surface area contributed by atoms with E-state index in [2.05, 4.69) is 4.74 Å². The van der Waals surface area contributed by atoms with Crippen molar-refractivity contribution < 1.29 is 66.6 Å². The van der Waals surface area contributed by atoms with Gasteiger partial charge in [0.2, 0.25) is 0 Å². The molecule has 0 aliphatic heterocycles. The van der Waals surface area contributed by atoms with Gasteiger partial charge in [-0.25, -0.2) is 0 Å². The largest absolute Gasteiger partial charge is 0.495 e. The van der Waals surface area contributed by atoms with Crippen molar-refractivity contribution in [2.45, 2.75) is 35.8 Å². The lowest BCUT2D eigenvalue weighted by Crippen LogP contribution is -2.71. The van der Waals surface area contributed by atoms with Gasteiger partial charge < -0.3 is 10.1 Å². The molecule has 30 heavy (non-hydrogen) atoms. The van der Waals surface area contributed by atoms with Crippen LogP contribution in [0.25, 0.3) is 0 Å². The summed E-state index contributed by atoms with van der Waals surface area (Å²) in [6.07, 6.45) is -7.52. The average molecular weight is 469 g/mol. The van der Waals surface area contributed by atoms with E-state index in [9.17, 15) is 61.9 Å². The molecule has 0 unspecified atom stereocenters. The fraction of sp³-hybridized carbons (Fsp3) is 0.500. The normalized spacial score (nSPS) is 14.5. The first-order valence-electron chi connectivity index (χ1n) is 7.10. The lowest BCUT2D eigenvalue weighted by molar-refractivity contribution is -0.435. The molecule has 1 aromatic rings. The zero-order valence-electron chi connectivity index (χ0n) is 14.0.